The van der Waals surface area contributed by atoms with Gasteiger partial charge in [-0.1, -0.05) is 30.3 Å². The summed E-state index contributed by atoms with van der Waals surface area (Å²) in [7, 11) is 0. The predicted molar refractivity (Wildman–Crippen MR) is 91.2 cm³/mol. The zero-order valence-corrected chi connectivity index (χ0v) is 14.9. The van der Waals surface area contributed by atoms with Gasteiger partial charge in [-0.3, -0.25) is 9.48 Å². The lowest BCUT2D eigenvalue weighted by atomic mass is 10.0. The molecule has 0 radical (unpaired) electrons. The Labute approximate surface area is 154 Å². The molecular weight excluding hydrogens is 363 g/mol. The average Bonchev–Trinajstić information content (AvgIpc) is 2.81. The van der Waals surface area contributed by atoms with Gasteiger partial charge in [0.1, 0.15) is 12.6 Å². The fraction of sp³-hybridized carbons (Fsp3) is 0.389. The number of alkyl halides is 3. The number of amides is 1. The van der Waals surface area contributed by atoms with Crippen LogP contribution in [0.4, 0.5) is 13.2 Å². The van der Waals surface area contributed by atoms with E-state index >= 15 is 0 Å². The smallest absolute Gasteiger partial charge is 0.408 e. The van der Waals surface area contributed by atoms with Crippen LogP contribution in [0.5, 0.6) is 0 Å². The van der Waals surface area contributed by atoms with Crippen molar-refractivity contribution in [2.24, 2.45) is 0 Å². The third-order valence-corrected chi connectivity index (χ3v) is 4.11. The molecule has 27 heavy (non-hydrogen) atoms. The number of aryl methyl sites for hydroxylation is 1. The minimum absolute atomic E-state index is 0.104. The second-order valence-electron chi connectivity index (χ2n) is 6.25. The van der Waals surface area contributed by atoms with Crippen molar-refractivity contribution in [2.75, 3.05) is 0 Å². The molecule has 0 aliphatic heterocycles. The Hall–Kier alpha value is -2.84. The largest absolute Gasteiger partial charge is 0.480 e. The average molecular weight is 383 g/mol. The topological polar surface area (TPSA) is 84.2 Å². The first-order valence-electron chi connectivity index (χ1n) is 8.22. The van der Waals surface area contributed by atoms with Crippen LogP contribution in [0.15, 0.2) is 30.3 Å². The molecule has 1 aromatic heterocycles. The van der Waals surface area contributed by atoms with Gasteiger partial charge in [0.05, 0.1) is 12.1 Å². The van der Waals surface area contributed by atoms with Gasteiger partial charge in [-0.25, -0.2) is 4.79 Å². The van der Waals surface area contributed by atoms with Crippen molar-refractivity contribution >= 4 is 11.9 Å². The van der Waals surface area contributed by atoms with E-state index in [0.29, 0.717) is 11.3 Å². The monoisotopic (exact) mass is 383 g/mol. The van der Waals surface area contributed by atoms with Crippen molar-refractivity contribution in [3.63, 3.8) is 0 Å². The van der Waals surface area contributed by atoms with Crippen LogP contribution in [0.1, 0.15) is 22.5 Å². The number of aliphatic carboxylic acids is 1. The summed E-state index contributed by atoms with van der Waals surface area (Å²) in [6.45, 7) is 1.72. The van der Waals surface area contributed by atoms with Crippen molar-refractivity contribution in [3.8, 4) is 0 Å². The number of hydrogen-bond donors (Lipinski definition) is 2. The number of carboxylic acid groups (broad SMARTS) is 1. The highest BCUT2D eigenvalue weighted by molar-refractivity contribution is 5.85. The number of carboxylic acids is 1. The van der Waals surface area contributed by atoms with Crippen molar-refractivity contribution in [2.45, 2.75) is 45.5 Å². The molecule has 1 amide bonds. The molecule has 2 N–H and O–H groups in total. The van der Waals surface area contributed by atoms with Gasteiger partial charge in [-0.15, -0.1) is 0 Å². The third-order valence-electron chi connectivity index (χ3n) is 4.11. The number of halogens is 3. The zero-order valence-electron chi connectivity index (χ0n) is 14.9. The van der Waals surface area contributed by atoms with E-state index in [-0.39, 0.29) is 18.5 Å². The fourth-order valence-corrected chi connectivity index (χ4v) is 2.77. The molecule has 0 bridgehead atoms. The van der Waals surface area contributed by atoms with E-state index < -0.39 is 30.6 Å². The second kappa shape index (κ2) is 8.24. The molecule has 9 heteroatoms. The summed E-state index contributed by atoms with van der Waals surface area (Å²) < 4.78 is 38.6. The lowest BCUT2D eigenvalue weighted by Gasteiger charge is -2.15. The van der Waals surface area contributed by atoms with Gasteiger partial charge in [0.25, 0.3) is 0 Å². The molecule has 0 saturated heterocycles. The van der Waals surface area contributed by atoms with Crippen LogP contribution in [-0.4, -0.2) is 39.0 Å². The van der Waals surface area contributed by atoms with Gasteiger partial charge in [0.15, 0.2) is 0 Å². The van der Waals surface area contributed by atoms with Crippen LogP contribution in [-0.2, 0) is 29.0 Å². The number of nitrogens with one attached hydrogen (secondary N) is 1. The Morgan fingerprint density at radius 2 is 1.85 bits per heavy atom. The summed E-state index contributed by atoms with van der Waals surface area (Å²) in [6, 6.07) is 7.68. The van der Waals surface area contributed by atoms with Gasteiger partial charge < -0.3 is 10.4 Å². The quantitative estimate of drug-likeness (QED) is 0.769. The SMILES string of the molecule is Cc1nn(CC(F)(F)F)c(C)c1CC(=O)NC(Cc1ccccc1)C(=O)O. The maximum atomic E-state index is 12.6. The first-order chi connectivity index (χ1) is 12.6. The molecule has 6 nitrogen and oxygen atoms in total. The van der Waals surface area contributed by atoms with Crippen LogP contribution in [0.2, 0.25) is 0 Å². The summed E-state index contributed by atoms with van der Waals surface area (Å²) in [5, 5.41) is 15.6. The van der Waals surface area contributed by atoms with Gasteiger partial charge in [0.2, 0.25) is 5.91 Å². The number of rotatable bonds is 7. The summed E-state index contributed by atoms with van der Waals surface area (Å²) >= 11 is 0. The highest BCUT2D eigenvalue weighted by Crippen LogP contribution is 2.21. The molecule has 0 spiro atoms. The van der Waals surface area contributed by atoms with Gasteiger partial charge in [0, 0.05) is 17.7 Å². The Balaban J connectivity index is 2.08. The lowest BCUT2D eigenvalue weighted by molar-refractivity contribution is -0.143. The Kier molecular flexibility index (Phi) is 6.24. The van der Waals surface area contributed by atoms with E-state index in [4.69, 9.17) is 0 Å². The third kappa shape index (κ3) is 5.83. The summed E-state index contributed by atoms with van der Waals surface area (Å²) in [5.41, 5.74) is 1.65. The van der Waals surface area contributed by atoms with Crippen LogP contribution >= 0.6 is 0 Å². The van der Waals surface area contributed by atoms with Gasteiger partial charge in [-0.2, -0.15) is 18.3 Å². The Bertz CT molecular complexity index is 816. The molecule has 0 aliphatic carbocycles. The molecule has 1 aromatic carbocycles. The first-order valence-corrected chi connectivity index (χ1v) is 8.22. The van der Waals surface area contributed by atoms with E-state index in [1.54, 1.807) is 30.3 Å². The number of benzene rings is 1. The first kappa shape index (κ1) is 20.5. The molecule has 1 unspecified atom stereocenters. The minimum Gasteiger partial charge on any atom is -0.480 e. The number of nitrogens with zero attached hydrogens (tertiary/aromatic N) is 2. The van der Waals surface area contributed by atoms with Crippen molar-refractivity contribution in [3.05, 3.63) is 52.8 Å². The zero-order chi connectivity index (χ0) is 20.2. The predicted octanol–water partition coefficient (Wildman–Crippen LogP) is 2.42. The number of carbonyl (C=O) groups excluding carboxylic acids is 1. The number of aromatic nitrogens is 2. The normalized spacial score (nSPS) is 12.6. The van der Waals surface area contributed by atoms with Crippen molar-refractivity contribution in [1.82, 2.24) is 15.1 Å². The second-order valence-corrected chi connectivity index (χ2v) is 6.25. The maximum absolute atomic E-state index is 12.6. The molecule has 0 fully saturated rings. The Morgan fingerprint density at radius 1 is 1.22 bits per heavy atom. The maximum Gasteiger partial charge on any atom is 0.408 e. The summed E-state index contributed by atoms with van der Waals surface area (Å²) in [5.74, 6) is -1.77. The van der Waals surface area contributed by atoms with Gasteiger partial charge >= 0.3 is 12.1 Å². The van der Waals surface area contributed by atoms with E-state index in [1.807, 2.05) is 0 Å². The molecule has 2 aromatic rings. The standard InChI is InChI=1S/C18H20F3N3O3/c1-11-14(12(2)24(23-11)10-18(19,20)21)9-16(25)22-15(17(26)27)8-13-6-4-3-5-7-13/h3-7,15H,8-10H2,1-2H3,(H,22,25)(H,26,27). The molecular formula is C18H20F3N3O3. The Morgan fingerprint density at radius 3 is 2.41 bits per heavy atom. The molecule has 1 atom stereocenters. The van der Waals surface area contributed by atoms with Crippen LogP contribution in [0.25, 0.3) is 0 Å². The number of hydrogen-bond acceptors (Lipinski definition) is 3. The fourth-order valence-electron chi connectivity index (χ4n) is 2.77. The van der Waals surface area contributed by atoms with Crippen LogP contribution in [0, 0.1) is 13.8 Å². The van der Waals surface area contributed by atoms with E-state index in [0.717, 1.165) is 10.2 Å². The van der Waals surface area contributed by atoms with Crippen LogP contribution < -0.4 is 5.32 Å². The molecule has 0 aliphatic rings. The number of carbonyl (C=O) groups is 2. The van der Waals surface area contributed by atoms with E-state index in [2.05, 4.69) is 10.4 Å². The summed E-state index contributed by atoms with van der Waals surface area (Å²) in [6.07, 6.45) is -4.56. The minimum atomic E-state index is -4.42. The molecule has 1 heterocycles. The summed E-state index contributed by atoms with van der Waals surface area (Å²) in [4.78, 5) is 23.7. The lowest BCUT2D eigenvalue weighted by Crippen LogP contribution is -2.43. The van der Waals surface area contributed by atoms with Gasteiger partial charge in [-0.05, 0) is 19.4 Å². The molecule has 2 rings (SSSR count). The van der Waals surface area contributed by atoms with Crippen molar-refractivity contribution in [1.29, 1.82) is 0 Å². The van der Waals surface area contributed by atoms with E-state index in [9.17, 15) is 27.9 Å². The molecule has 146 valence electrons. The van der Waals surface area contributed by atoms with Crippen molar-refractivity contribution < 1.29 is 27.9 Å². The van der Waals surface area contributed by atoms with E-state index in [1.165, 1.54) is 13.8 Å². The highest BCUT2D eigenvalue weighted by atomic mass is 19.4. The molecule has 0 saturated carbocycles. The van der Waals surface area contributed by atoms with Crippen LogP contribution in [0.3, 0.4) is 0 Å². The highest BCUT2D eigenvalue weighted by Gasteiger charge is 2.30.